The van der Waals surface area contributed by atoms with Crippen molar-refractivity contribution < 1.29 is 19.7 Å². The van der Waals surface area contributed by atoms with Gasteiger partial charge in [0.15, 0.2) is 6.29 Å². The van der Waals surface area contributed by atoms with Gasteiger partial charge in [-0.25, -0.2) is 0 Å². The van der Waals surface area contributed by atoms with E-state index in [1.807, 2.05) is 0 Å². The number of ether oxygens (including phenoxy) is 1. The summed E-state index contributed by atoms with van der Waals surface area (Å²) in [7, 11) is 0. The highest BCUT2D eigenvalue weighted by atomic mass is 16.6. The van der Waals surface area contributed by atoms with Crippen molar-refractivity contribution in [1.82, 2.24) is 5.32 Å². The molecule has 5 heteroatoms. The van der Waals surface area contributed by atoms with Crippen LogP contribution in [0.3, 0.4) is 0 Å². The number of aliphatic hydroxyl groups excluding tert-OH is 2. The van der Waals surface area contributed by atoms with E-state index in [2.05, 4.69) is 5.32 Å². The van der Waals surface area contributed by atoms with Crippen molar-refractivity contribution in [2.24, 2.45) is 0 Å². The standard InChI is InChI=1S/C7H13NO4/c1-4(9)8-6-5(10)2-3-12-7(6)11/h5-7,10-11H,2-3H2,1H3,(H,8,9)/t5-,6+,7+/m0/s1. The molecule has 1 saturated heterocycles. The van der Waals surface area contributed by atoms with Crippen molar-refractivity contribution in [2.45, 2.75) is 31.8 Å². The second-order valence-electron chi connectivity index (χ2n) is 2.84. The van der Waals surface area contributed by atoms with Crippen LogP contribution in [0.4, 0.5) is 0 Å². The lowest BCUT2D eigenvalue weighted by molar-refractivity contribution is -0.176. The van der Waals surface area contributed by atoms with E-state index in [0.717, 1.165) is 0 Å². The van der Waals surface area contributed by atoms with E-state index in [1.165, 1.54) is 6.92 Å². The average Bonchev–Trinajstić information content (AvgIpc) is 1.97. The Labute approximate surface area is 70.3 Å². The molecule has 1 fully saturated rings. The summed E-state index contributed by atoms with van der Waals surface area (Å²) in [5.41, 5.74) is 0. The highest BCUT2D eigenvalue weighted by molar-refractivity contribution is 5.73. The van der Waals surface area contributed by atoms with Crippen LogP contribution in [0.2, 0.25) is 0 Å². The van der Waals surface area contributed by atoms with Crippen LogP contribution < -0.4 is 5.32 Å². The summed E-state index contributed by atoms with van der Waals surface area (Å²) in [5.74, 6) is -0.288. The summed E-state index contributed by atoms with van der Waals surface area (Å²) in [6.07, 6.45) is -1.39. The molecule has 70 valence electrons. The van der Waals surface area contributed by atoms with Gasteiger partial charge >= 0.3 is 0 Å². The Bertz CT molecular complexity index is 163. The molecule has 12 heavy (non-hydrogen) atoms. The molecular formula is C7H13NO4. The van der Waals surface area contributed by atoms with E-state index < -0.39 is 18.4 Å². The molecule has 0 aliphatic carbocycles. The van der Waals surface area contributed by atoms with Gasteiger partial charge in [0.2, 0.25) is 5.91 Å². The van der Waals surface area contributed by atoms with Gasteiger partial charge in [-0.1, -0.05) is 0 Å². The van der Waals surface area contributed by atoms with Crippen LogP contribution in [0.1, 0.15) is 13.3 Å². The van der Waals surface area contributed by atoms with E-state index in [-0.39, 0.29) is 5.91 Å². The van der Waals surface area contributed by atoms with Gasteiger partial charge < -0.3 is 20.3 Å². The number of rotatable bonds is 1. The van der Waals surface area contributed by atoms with Crippen molar-refractivity contribution in [3.8, 4) is 0 Å². The molecule has 1 aliphatic rings. The van der Waals surface area contributed by atoms with Crippen LogP contribution in [0.15, 0.2) is 0 Å². The summed E-state index contributed by atoms with van der Waals surface area (Å²) in [6.45, 7) is 1.65. The predicted molar refractivity (Wildman–Crippen MR) is 40.2 cm³/mol. The Morgan fingerprint density at radius 2 is 2.25 bits per heavy atom. The zero-order valence-corrected chi connectivity index (χ0v) is 6.86. The van der Waals surface area contributed by atoms with Gasteiger partial charge in [0.05, 0.1) is 12.7 Å². The fourth-order valence-corrected chi connectivity index (χ4v) is 1.18. The van der Waals surface area contributed by atoms with Gasteiger partial charge in [-0.05, 0) is 6.42 Å². The molecule has 3 N–H and O–H groups in total. The Hall–Kier alpha value is -0.650. The zero-order valence-electron chi connectivity index (χ0n) is 6.86. The van der Waals surface area contributed by atoms with Gasteiger partial charge in [-0.15, -0.1) is 0 Å². The highest BCUT2D eigenvalue weighted by Gasteiger charge is 2.32. The second-order valence-corrected chi connectivity index (χ2v) is 2.84. The zero-order chi connectivity index (χ0) is 9.14. The van der Waals surface area contributed by atoms with E-state index in [4.69, 9.17) is 4.74 Å². The minimum atomic E-state index is -1.10. The molecule has 0 bridgehead atoms. The van der Waals surface area contributed by atoms with Gasteiger partial charge in [0.1, 0.15) is 6.04 Å². The van der Waals surface area contributed by atoms with Crippen LogP contribution >= 0.6 is 0 Å². The average molecular weight is 175 g/mol. The quantitative estimate of drug-likeness (QED) is 0.457. The summed E-state index contributed by atoms with van der Waals surface area (Å²) < 4.78 is 4.84. The maximum Gasteiger partial charge on any atom is 0.217 e. The first kappa shape index (κ1) is 9.44. The fourth-order valence-electron chi connectivity index (χ4n) is 1.18. The predicted octanol–water partition coefficient (Wildman–Crippen LogP) is -1.41. The number of aliphatic hydroxyl groups is 2. The maximum atomic E-state index is 10.6. The minimum Gasteiger partial charge on any atom is -0.391 e. The van der Waals surface area contributed by atoms with Gasteiger partial charge in [0, 0.05) is 6.92 Å². The second kappa shape index (κ2) is 3.84. The highest BCUT2D eigenvalue weighted by Crippen LogP contribution is 2.12. The first-order valence-corrected chi connectivity index (χ1v) is 3.86. The maximum absolute atomic E-state index is 10.6. The number of carbonyl (C=O) groups is 1. The third-order valence-electron chi connectivity index (χ3n) is 1.79. The van der Waals surface area contributed by atoms with Crippen LogP contribution in [-0.4, -0.2) is 41.2 Å². The molecule has 0 aromatic heterocycles. The topological polar surface area (TPSA) is 78.8 Å². The lowest BCUT2D eigenvalue weighted by atomic mass is 10.1. The summed E-state index contributed by atoms with van der Waals surface area (Å²) >= 11 is 0. The summed E-state index contributed by atoms with van der Waals surface area (Å²) in [4.78, 5) is 10.6. The largest absolute Gasteiger partial charge is 0.391 e. The Morgan fingerprint density at radius 3 is 2.75 bits per heavy atom. The third-order valence-corrected chi connectivity index (χ3v) is 1.79. The molecule has 1 amide bonds. The van der Waals surface area contributed by atoms with E-state index in [1.54, 1.807) is 0 Å². The van der Waals surface area contributed by atoms with Crippen molar-refractivity contribution in [3.63, 3.8) is 0 Å². The molecule has 1 heterocycles. The normalized spacial score (nSPS) is 36.1. The van der Waals surface area contributed by atoms with E-state index in [0.29, 0.717) is 13.0 Å². The summed E-state index contributed by atoms with van der Waals surface area (Å²) in [5, 5.41) is 20.9. The molecule has 5 nitrogen and oxygen atoms in total. The van der Waals surface area contributed by atoms with E-state index >= 15 is 0 Å². The van der Waals surface area contributed by atoms with E-state index in [9.17, 15) is 15.0 Å². The summed E-state index contributed by atoms with van der Waals surface area (Å²) in [6, 6.07) is -0.698. The van der Waals surface area contributed by atoms with Gasteiger partial charge in [0.25, 0.3) is 0 Å². The molecule has 1 rings (SSSR count). The first-order valence-electron chi connectivity index (χ1n) is 3.86. The number of hydrogen-bond acceptors (Lipinski definition) is 4. The Kier molecular flexibility index (Phi) is 3.02. The van der Waals surface area contributed by atoms with Crippen LogP contribution in [0.5, 0.6) is 0 Å². The van der Waals surface area contributed by atoms with Gasteiger partial charge in [-0.2, -0.15) is 0 Å². The van der Waals surface area contributed by atoms with Crippen LogP contribution in [0, 0.1) is 0 Å². The Morgan fingerprint density at radius 1 is 1.58 bits per heavy atom. The molecule has 3 atom stereocenters. The monoisotopic (exact) mass is 175 g/mol. The molecule has 0 aromatic carbocycles. The molecular weight excluding hydrogens is 162 g/mol. The Balaban J connectivity index is 2.50. The van der Waals surface area contributed by atoms with Crippen molar-refractivity contribution in [2.75, 3.05) is 6.61 Å². The molecule has 1 aliphatic heterocycles. The molecule has 0 unspecified atom stereocenters. The van der Waals surface area contributed by atoms with Crippen LogP contribution in [-0.2, 0) is 9.53 Å². The minimum absolute atomic E-state index is 0.288. The van der Waals surface area contributed by atoms with Crippen molar-refractivity contribution in [3.05, 3.63) is 0 Å². The lowest BCUT2D eigenvalue weighted by Gasteiger charge is -2.32. The van der Waals surface area contributed by atoms with Gasteiger partial charge in [-0.3, -0.25) is 4.79 Å². The molecule has 0 radical (unpaired) electrons. The molecule has 0 spiro atoms. The third kappa shape index (κ3) is 2.17. The molecule has 0 aromatic rings. The van der Waals surface area contributed by atoms with Crippen molar-refractivity contribution >= 4 is 5.91 Å². The lowest BCUT2D eigenvalue weighted by Crippen LogP contribution is -2.54. The number of carbonyl (C=O) groups excluding carboxylic acids is 1. The number of nitrogens with one attached hydrogen (secondary N) is 1. The van der Waals surface area contributed by atoms with Crippen molar-refractivity contribution in [1.29, 1.82) is 0 Å². The smallest absolute Gasteiger partial charge is 0.217 e. The fraction of sp³-hybridized carbons (Fsp3) is 0.857. The number of hydrogen-bond donors (Lipinski definition) is 3. The number of amides is 1. The van der Waals surface area contributed by atoms with Crippen LogP contribution in [0.25, 0.3) is 0 Å². The molecule has 0 saturated carbocycles. The first-order chi connectivity index (χ1) is 5.61. The SMILES string of the molecule is CC(=O)N[C@H]1[C@H](O)OCC[C@@H]1O.